The Morgan fingerprint density at radius 3 is 2.29 bits per heavy atom. The third-order valence-electron chi connectivity index (χ3n) is 6.28. The van der Waals surface area contributed by atoms with Crippen molar-refractivity contribution in [1.29, 1.82) is 5.26 Å². The molecule has 0 aliphatic heterocycles. The lowest BCUT2D eigenvalue weighted by Crippen LogP contribution is -2.27. The van der Waals surface area contributed by atoms with Crippen molar-refractivity contribution in [1.82, 2.24) is 4.57 Å². The van der Waals surface area contributed by atoms with E-state index in [-0.39, 0.29) is 44.6 Å². The van der Waals surface area contributed by atoms with Gasteiger partial charge < -0.3 is 14.6 Å². The highest BCUT2D eigenvalue weighted by Gasteiger charge is 2.26. The second kappa shape index (κ2) is 13.4. The quantitative estimate of drug-likeness (QED) is 0.197. The van der Waals surface area contributed by atoms with E-state index in [1.54, 1.807) is 24.3 Å². The van der Waals surface area contributed by atoms with Crippen molar-refractivity contribution < 1.29 is 19.4 Å². The smallest absolute Gasteiger partial charge is 0.271 e. The van der Waals surface area contributed by atoms with Crippen LogP contribution in [-0.2, 0) is 6.54 Å². The molecule has 3 aromatic rings. The highest BCUT2D eigenvalue weighted by molar-refractivity contribution is 6.38. The van der Waals surface area contributed by atoms with Crippen molar-refractivity contribution in [2.24, 2.45) is 0 Å². The number of pyridine rings is 1. The van der Waals surface area contributed by atoms with Gasteiger partial charge in [0.05, 0.1) is 35.9 Å². The molecule has 7 nitrogen and oxygen atoms in total. The van der Waals surface area contributed by atoms with Gasteiger partial charge >= 0.3 is 0 Å². The fraction of sp³-hybridized carbons (Fsp3) is 0.345. The Morgan fingerprint density at radius 1 is 1.08 bits per heavy atom. The van der Waals surface area contributed by atoms with Gasteiger partial charge in [0.25, 0.3) is 5.56 Å². The van der Waals surface area contributed by atoms with Crippen LogP contribution in [-0.4, -0.2) is 29.2 Å². The molecule has 200 valence electrons. The predicted molar refractivity (Wildman–Crippen MR) is 148 cm³/mol. The van der Waals surface area contributed by atoms with Crippen LogP contribution >= 0.6 is 23.2 Å². The zero-order chi connectivity index (χ0) is 27.8. The first-order chi connectivity index (χ1) is 18.2. The summed E-state index contributed by atoms with van der Waals surface area (Å²) >= 11 is 12.8. The van der Waals surface area contributed by atoms with Gasteiger partial charge in [-0.25, -0.2) is 0 Å². The van der Waals surface area contributed by atoms with Crippen molar-refractivity contribution in [2.75, 3.05) is 13.7 Å². The number of carbonyl (C=O) groups is 1. The Bertz CT molecular complexity index is 1390. The Balaban J connectivity index is 1.95. The summed E-state index contributed by atoms with van der Waals surface area (Å²) < 4.78 is 11.9. The molecule has 3 rings (SSSR count). The summed E-state index contributed by atoms with van der Waals surface area (Å²) in [6, 6.07) is 11.5. The molecule has 0 amide bonds. The van der Waals surface area contributed by atoms with E-state index in [4.69, 9.17) is 32.7 Å². The Labute approximate surface area is 232 Å². The van der Waals surface area contributed by atoms with Crippen molar-refractivity contribution >= 4 is 29.0 Å². The van der Waals surface area contributed by atoms with Gasteiger partial charge in [0.2, 0.25) is 5.88 Å². The zero-order valence-electron chi connectivity index (χ0n) is 21.6. The number of nitrogens with zero attached hydrogens (tertiary/aromatic N) is 2. The molecule has 38 heavy (non-hydrogen) atoms. The molecule has 1 N–H and O–H groups in total. The highest BCUT2D eigenvalue weighted by atomic mass is 35.5. The summed E-state index contributed by atoms with van der Waals surface area (Å²) in [5, 5.41) is 21.1. The van der Waals surface area contributed by atoms with Gasteiger partial charge in [-0.15, -0.1) is 0 Å². The molecular weight excluding hydrogens is 527 g/mol. The van der Waals surface area contributed by atoms with Crippen molar-refractivity contribution in [3.63, 3.8) is 0 Å². The second-order valence-electron chi connectivity index (χ2n) is 8.91. The number of unbranched alkanes of at least 4 members (excludes halogenated alkanes) is 4. The number of ether oxygens (including phenoxy) is 2. The number of hydrogen-bond donors (Lipinski definition) is 1. The lowest BCUT2D eigenvalue weighted by Gasteiger charge is -2.17. The number of aromatic nitrogens is 1. The number of ketones is 1. The van der Waals surface area contributed by atoms with Crippen LogP contribution in [0.3, 0.4) is 0 Å². The second-order valence-corrected chi connectivity index (χ2v) is 9.72. The molecule has 1 heterocycles. The Kier molecular flexibility index (Phi) is 10.2. The van der Waals surface area contributed by atoms with Gasteiger partial charge in [0.1, 0.15) is 17.4 Å². The molecule has 0 radical (unpaired) electrons. The lowest BCUT2D eigenvalue weighted by molar-refractivity contribution is 0.103. The molecule has 0 bridgehead atoms. The summed E-state index contributed by atoms with van der Waals surface area (Å²) in [5.41, 5.74) is -0.283. The molecule has 0 saturated carbocycles. The fourth-order valence-corrected chi connectivity index (χ4v) is 4.73. The van der Waals surface area contributed by atoms with E-state index < -0.39 is 17.2 Å². The SMILES string of the molecule is CCCCCCCOc1c(Cl)cc(C(=O)c2c(C)c(C#N)c(=O)n(Cc3ccc(OC)cc3)c2O)cc1Cl. The highest BCUT2D eigenvalue weighted by Crippen LogP contribution is 2.36. The van der Waals surface area contributed by atoms with E-state index >= 15 is 0 Å². The van der Waals surface area contributed by atoms with Crippen LogP contribution in [0.15, 0.2) is 41.2 Å². The van der Waals surface area contributed by atoms with Crippen LogP contribution in [0.4, 0.5) is 0 Å². The molecule has 0 atom stereocenters. The minimum absolute atomic E-state index is 0.0591. The molecule has 0 unspecified atom stereocenters. The number of carbonyl (C=O) groups excluding carboxylic acids is 1. The molecule has 0 aliphatic carbocycles. The van der Waals surface area contributed by atoms with Gasteiger partial charge in [0, 0.05) is 5.56 Å². The first kappa shape index (κ1) is 29.1. The number of rotatable bonds is 12. The van der Waals surface area contributed by atoms with Gasteiger partial charge in [-0.2, -0.15) is 5.26 Å². The zero-order valence-corrected chi connectivity index (χ0v) is 23.2. The number of aromatic hydroxyl groups is 1. The van der Waals surface area contributed by atoms with E-state index in [1.165, 1.54) is 32.6 Å². The van der Waals surface area contributed by atoms with Crippen LogP contribution < -0.4 is 15.0 Å². The molecule has 0 saturated heterocycles. The number of nitriles is 1. The molecule has 2 aromatic carbocycles. The normalized spacial score (nSPS) is 10.7. The van der Waals surface area contributed by atoms with E-state index in [0.717, 1.165) is 30.3 Å². The monoisotopic (exact) mass is 556 g/mol. The van der Waals surface area contributed by atoms with E-state index in [9.17, 15) is 20.0 Å². The van der Waals surface area contributed by atoms with Gasteiger partial charge in [-0.3, -0.25) is 14.2 Å². The average molecular weight is 557 g/mol. The molecule has 0 spiro atoms. The lowest BCUT2D eigenvalue weighted by atomic mass is 9.97. The molecule has 0 aliphatic rings. The standard InChI is InChI=1S/C29H30Cl2N2O5/c1-4-5-6-7-8-13-38-27-23(30)14-20(15-24(27)31)26(34)25-18(2)22(16-32)28(35)33(29(25)36)17-19-9-11-21(37-3)12-10-19/h9-12,14-15,36H,4-8,13,17H2,1-3H3. The van der Waals surface area contributed by atoms with Gasteiger partial charge in [0.15, 0.2) is 11.5 Å². The van der Waals surface area contributed by atoms with Crippen LogP contribution in [0.5, 0.6) is 17.4 Å². The van der Waals surface area contributed by atoms with E-state index in [2.05, 4.69) is 6.92 Å². The van der Waals surface area contributed by atoms with E-state index in [1.807, 2.05) is 6.07 Å². The summed E-state index contributed by atoms with van der Waals surface area (Å²) in [6.07, 6.45) is 5.34. The fourth-order valence-electron chi connectivity index (χ4n) is 4.14. The summed E-state index contributed by atoms with van der Waals surface area (Å²) in [5.74, 6) is -0.272. The Hall–Kier alpha value is -3.47. The van der Waals surface area contributed by atoms with Gasteiger partial charge in [-0.05, 0) is 48.7 Å². The average Bonchev–Trinajstić information content (AvgIpc) is 2.90. The Morgan fingerprint density at radius 2 is 1.71 bits per heavy atom. The summed E-state index contributed by atoms with van der Waals surface area (Å²) in [7, 11) is 1.54. The molecule has 0 fully saturated rings. The number of halogens is 2. The topological polar surface area (TPSA) is 102 Å². The molecule has 1 aromatic heterocycles. The van der Waals surface area contributed by atoms with Crippen LogP contribution in [0.1, 0.15) is 71.6 Å². The number of methoxy groups -OCH3 is 1. The predicted octanol–water partition coefficient (Wildman–Crippen LogP) is 6.68. The summed E-state index contributed by atoms with van der Waals surface area (Å²) in [6.45, 7) is 3.98. The third kappa shape index (κ3) is 6.50. The largest absolute Gasteiger partial charge is 0.497 e. The van der Waals surface area contributed by atoms with Gasteiger partial charge in [-0.1, -0.05) is 67.9 Å². The maximum absolute atomic E-state index is 13.6. The molecular formula is C29H30Cl2N2O5. The first-order valence-corrected chi connectivity index (χ1v) is 13.1. The maximum Gasteiger partial charge on any atom is 0.271 e. The maximum atomic E-state index is 13.6. The summed E-state index contributed by atoms with van der Waals surface area (Å²) in [4.78, 5) is 26.6. The van der Waals surface area contributed by atoms with Crippen LogP contribution in [0, 0.1) is 18.3 Å². The number of hydrogen-bond acceptors (Lipinski definition) is 6. The van der Waals surface area contributed by atoms with Crippen molar-refractivity contribution in [3.8, 4) is 23.4 Å². The van der Waals surface area contributed by atoms with E-state index in [0.29, 0.717) is 17.9 Å². The minimum atomic E-state index is -0.700. The van der Waals surface area contributed by atoms with Crippen molar-refractivity contribution in [2.45, 2.75) is 52.5 Å². The van der Waals surface area contributed by atoms with Crippen LogP contribution in [0.25, 0.3) is 0 Å². The van der Waals surface area contributed by atoms with Crippen LogP contribution in [0.2, 0.25) is 10.0 Å². The number of benzene rings is 2. The third-order valence-corrected chi connectivity index (χ3v) is 6.84. The van der Waals surface area contributed by atoms with Crippen molar-refractivity contribution in [3.05, 3.63) is 84.6 Å². The minimum Gasteiger partial charge on any atom is -0.497 e. The molecule has 9 heteroatoms. The first-order valence-electron chi connectivity index (χ1n) is 12.4.